The van der Waals surface area contributed by atoms with Gasteiger partial charge in [-0.2, -0.15) is 11.8 Å². The van der Waals surface area contributed by atoms with Gasteiger partial charge in [-0.05, 0) is 38.4 Å². The van der Waals surface area contributed by atoms with Crippen LogP contribution in [0.5, 0.6) is 0 Å². The van der Waals surface area contributed by atoms with Crippen molar-refractivity contribution in [2.24, 2.45) is 5.41 Å². The molecule has 1 fully saturated rings. The minimum absolute atomic E-state index is 0.127. The van der Waals surface area contributed by atoms with Crippen LogP contribution in [0.4, 0.5) is 4.79 Å². The summed E-state index contributed by atoms with van der Waals surface area (Å²) >= 11 is 1.57. The molecule has 0 aromatic carbocycles. The number of nitrogens with zero attached hydrogens (tertiary/aromatic N) is 1. The first-order valence-corrected chi connectivity index (χ1v) is 7.83. The average molecular weight is 303 g/mol. The van der Waals surface area contributed by atoms with E-state index in [0.717, 1.165) is 5.75 Å². The highest BCUT2D eigenvalue weighted by Gasteiger charge is 2.51. The number of thioether (sulfide) groups is 1. The molecule has 1 aliphatic rings. The topological polar surface area (TPSA) is 66.8 Å². The van der Waals surface area contributed by atoms with Gasteiger partial charge in [0.2, 0.25) is 0 Å². The van der Waals surface area contributed by atoms with Crippen molar-refractivity contribution in [3.8, 4) is 0 Å². The molecule has 0 spiro atoms. The molecule has 0 saturated carbocycles. The highest BCUT2D eigenvalue weighted by atomic mass is 32.2. The summed E-state index contributed by atoms with van der Waals surface area (Å²) in [5, 5.41) is 9.68. The lowest BCUT2D eigenvalue weighted by Crippen LogP contribution is -2.61. The number of likely N-dealkylation sites (N-methyl/N-ethyl adjacent to an activating group) is 1. The van der Waals surface area contributed by atoms with Gasteiger partial charge in [-0.1, -0.05) is 13.8 Å². The van der Waals surface area contributed by atoms with Gasteiger partial charge in [-0.15, -0.1) is 0 Å². The number of amides is 1. The van der Waals surface area contributed by atoms with E-state index in [1.807, 2.05) is 13.8 Å². The van der Waals surface area contributed by atoms with Crippen molar-refractivity contribution in [2.45, 2.75) is 52.2 Å². The molecular weight excluding hydrogens is 278 g/mol. The summed E-state index contributed by atoms with van der Waals surface area (Å²) in [6, 6.07) is 0. The molecule has 0 radical (unpaired) electrons. The van der Waals surface area contributed by atoms with Gasteiger partial charge in [-0.25, -0.2) is 9.59 Å². The van der Waals surface area contributed by atoms with Crippen molar-refractivity contribution >= 4 is 23.8 Å². The highest BCUT2D eigenvalue weighted by molar-refractivity contribution is 7.99. The zero-order valence-corrected chi connectivity index (χ0v) is 14.0. The van der Waals surface area contributed by atoms with E-state index in [1.54, 1.807) is 32.5 Å². The van der Waals surface area contributed by atoms with E-state index in [1.165, 1.54) is 11.9 Å². The molecule has 20 heavy (non-hydrogen) atoms. The zero-order chi connectivity index (χ0) is 15.8. The number of carboxylic acid groups (broad SMARTS) is 1. The standard InChI is InChI=1S/C14H25NO4S/c1-12(2,3)19-11(18)15(6)14(10(16)17)7-13(4,5)8-20-9-14/h7-9H2,1-6H3,(H,16,17). The van der Waals surface area contributed by atoms with Crippen LogP contribution < -0.4 is 0 Å². The van der Waals surface area contributed by atoms with E-state index < -0.39 is 23.2 Å². The Balaban J connectivity index is 3.02. The number of aliphatic carboxylic acids is 1. The van der Waals surface area contributed by atoms with Gasteiger partial charge >= 0.3 is 12.1 Å². The normalized spacial score (nSPS) is 25.9. The molecule has 1 heterocycles. The summed E-state index contributed by atoms with van der Waals surface area (Å²) in [4.78, 5) is 25.3. The van der Waals surface area contributed by atoms with Crippen LogP contribution in [0.3, 0.4) is 0 Å². The van der Waals surface area contributed by atoms with Crippen molar-refractivity contribution in [1.82, 2.24) is 4.90 Å². The van der Waals surface area contributed by atoms with Crippen LogP contribution in [0.25, 0.3) is 0 Å². The molecule has 6 heteroatoms. The number of hydrogen-bond donors (Lipinski definition) is 1. The quantitative estimate of drug-likeness (QED) is 0.849. The number of carbonyl (C=O) groups is 2. The van der Waals surface area contributed by atoms with Gasteiger partial charge in [0.05, 0.1) is 0 Å². The SMILES string of the molecule is CN(C(=O)OC(C)(C)C)C1(C(=O)O)CSCC(C)(C)C1. The fourth-order valence-corrected chi connectivity index (χ4v) is 3.90. The third-order valence-electron chi connectivity index (χ3n) is 3.31. The molecule has 0 aromatic heterocycles. The molecule has 0 aliphatic carbocycles. The van der Waals surface area contributed by atoms with E-state index in [2.05, 4.69) is 0 Å². The van der Waals surface area contributed by atoms with Crippen molar-refractivity contribution in [3.05, 3.63) is 0 Å². The van der Waals surface area contributed by atoms with E-state index in [0.29, 0.717) is 12.2 Å². The summed E-state index contributed by atoms with van der Waals surface area (Å²) in [5.41, 5.74) is -1.96. The van der Waals surface area contributed by atoms with Crippen LogP contribution in [0, 0.1) is 5.41 Å². The third-order valence-corrected chi connectivity index (χ3v) is 4.98. The smallest absolute Gasteiger partial charge is 0.411 e. The monoisotopic (exact) mass is 303 g/mol. The second-order valence-electron chi connectivity index (χ2n) is 7.21. The van der Waals surface area contributed by atoms with Crippen LogP contribution in [0.2, 0.25) is 0 Å². The minimum Gasteiger partial charge on any atom is -0.479 e. The number of ether oxygens (including phenoxy) is 1. The molecule has 0 aromatic rings. The van der Waals surface area contributed by atoms with Crippen molar-refractivity contribution in [2.75, 3.05) is 18.6 Å². The minimum atomic E-state index is -1.20. The Bertz CT molecular complexity index is 402. The second-order valence-corrected chi connectivity index (χ2v) is 8.20. The third kappa shape index (κ3) is 3.81. The molecule has 5 nitrogen and oxygen atoms in total. The van der Waals surface area contributed by atoms with Gasteiger partial charge < -0.3 is 9.84 Å². The van der Waals surface area contributed by atoms with Gasteiger partial charge in [0.1, 0.15) is 5.60 Å². The average Bonchev–Trinajstić information content (AvgIpc) is 2.23. The number of carboxylic acids is 1. The molecule has 1 aliphatic heterocycles. The molecule has 1 rings (SSSR count). The van der Waals surface area contributed by atoms with Gasteiger partial charge in [0.25, 0.3) is 0 Å². The maximum atomic E-state index is 12.2. The lowest BCUT2D eigenvalue weighted by atomic mass is 9.79. The number of hydrogen-bond acceptors (Lipinski definition) is 4. The maximum absolute atomic E-state index is 12.2. The number of rotatable bonds is 2. The largest absolute Gasteiger partial charge is 0.479 e. The van der Waals surface area contributed by atoms with Crippen LogP contribution >= 0.6 is 11.8 Å². The second kappa shape index (κ2) is 5.47. The molecule has 116 valence electrons. The first-order valence-electron chi connectivity index (χ1n) is 6.68. The van der Waals surface area contributed by atoms with Crippen LogP contribution in [0.1, 0.15) is 41.0 Å². The first-order chi connectivity index (χ1) is 8.90. The molecule has 1 amide bonds. The Morgan fingerprint density at radius 2 is 1.80 bits per heavy atom. The van der Waals surface area contributed by atoms with E-state index >= 15 is 0 Å². The van der Waals surface area contributed by atoms with E-state index in [-0.39, 0.29) is 5.41 Å². The predicted octanol–water partition coefficient (Wildman–Crippen LogP) is 2.84. The van der Waals surface area contributed by atoms with Crippen molar-refractivity contribution in [3.63, 3.8) is 0 Å². The zero-order valence-electron chi connectivity index (χ0n) is 13.1. The Labute approximate surface area is 125 Å². The Morgan fingerprint density at radius 3 is 2.20 bits per heavy atom. The molecule has 0 bridgehead atoms. The Kier molecular flexibility index (Phi) is 4.69. The van der Waals surface area contributed by atoms with Crippen LogP contribution in [-0.4, -0.2) is 51.8 Å². The summed E-state index contributed by atoms with van der Waals surface area (Å²) < 4.78 is 5.31. The number of carbonyl (C=O) groups excluding carboxylic acids is 1. The first kappa shape index (κ1) is 17.1. The fraction of sp³-hybridized carbons (Fsp3) is 0.857. The molecular formula is C14H25NO4S. The van der Waals surface area contributed by atoms with Crippen LogP contribution in [-0.2, 0) is 9.53 Å². The van der Waals surface area contributed by atoms with Crippen molar-refractivity contribution < 1.29 is 19.4 Å². The molecule has 1 N–H and O–H groups in total. The Hall–Kier alpha value is -0.910. The summed E-state index contributed by atoms with van der Waals surface area (Å²) in [7, 11) is 1.52. The van der Waals surface area contributed by atoms with Gasteiger partial charge in [-0.3, -0.25) is 4.90 Å². The fourth-order valence-electron chi connectivity index (χ4n) is 2.39. The summed E-state index contributed by atoms with van der Waals surface area (Å²) in [6.45, 7) is 9.36. The van der Waals surface area contributed by atoms with E-state index in [4.69, 9.17) is 4.74 Å². The molecule has 1 saturated heterocycles. The van der Waals surface area contributed by atoms with Gasteiger partial charge in [0, 0.05) is 12.8 Å². The maximum Gasteiger partial charge on any atom is 0.411 e. The van der Waals surface area contributed by atoms with Crippen molar-refractivity contribution in [1.29, 1.82) is 0 Å². The van der Waals surface area contributed by atoms with Gasteiger partial charge in [0.15, 0.2) is 5.54 Å². The summed E-state index contributed by atoms with van der Waals surface area (Å²) in [5.74, 6) is 0.317. The Morgan fingerprint density at radius 1 is 1.25 bits per heavy atom. The molecule has 1 unspecified atom stereocenters. The lowest BCUT2D eigenvalue weighted by molar-refractivity contribution is -0.151. The van der Waals surface area contributed by atoms with Crippen LogP contribution in [0.15, 0.2) is 0 Å². The van der Waals surface area contributed by atoms with E-state index in [9.17, 15) is 14.7 Å². The highest BCUT2D eigenvalue weighted by Crippen LogP contribution is 2.42. The predicted molar refractivity (Wildman–Crippen MR) is 80.1 cm³/mol. The summed E-state index contributed by atoms with van der Waals surface area (Å²) in [6.07, 6.45) is -0.156. The molecule has 1 atom stereocenters. The lowest BCUT2D eigenvalue weighted by Gasteiger charge is -2.46.